The van der Waals surface area contributed by atoms with Gasteiger partial charge in [-0.2, -0.15) is 0 Å². The van der Waals surface area contributed by atoms with E-state index >= 15 is 0 Å². The molecular weight excluding hydrogens is 442 g/mol. The fourth-order valence-electron chi connectivity index (χ4n) is 4.79. The number of hydrogen-bond acceptors (Lipinski definition) is 2. The molecule has 0 aliphatic rings. The summed E-state index contributed by atoms with van der Waals surface area (Å²) in [5.74, 6) is -1.08. The average Bonchev–Trinajstić information content (AvgIpc) is 2.89. The van der Waals surface area contributed by atoms with Gasteiger partial charge in [-0.15, -0.1) is 0 Å². The standard InChI is InChI=1S/C29H32O2P2/c1-2-29(31)33(26-19-11-5-12-20-26,27-21-13-6-14-22-27)23-28(30)32(24-15-7-3-8-16-24)25-17-9-4-10-18-25/h3-22,28-31,33H,2,23H2,1H3. The van der Waals surface area contributed by atoms with E-state index in [1.165, 1.54) is 10.6 Å². The van der Waals surface area contributed by atoms with Crippen molar-refractivity contribution in [3.8, 4) is 0 Å². The SMILES string of the molecule is CCC(O)[PH](CC(O)P(c1ccccc1)c1ccccc1)(c1ccccc1)c1ccccc1. The van der Waals surface area contributed by atoms with Crippen LogP contribution in [0.2, 0.25) is 0 Å². The summed E-state index contributed by atoms with van der Waals surface area (Å²) in [7, 11) is -3.73. The summed E-state index contributed by atoms with van der Waals surface area (Å²) in [4.78, 5) is 0. The van der Waals surface area contributed by atoms with Crippen molar-refractivity contribution >= 4 is 36.4 Å². The number of rotatable bonds is 9. The second-order valence-electron chi connectivity index (χ2n) is 8.35. The van der Waals surface area contributed by atoms with Crippen LogP contribution >= 0.6 is 15.2 Å². The summed E-state index contributed by atoms with van der Waals surface area (Å²) in [5, 5.41) is 28.2. The third-order valence-corrected chi connectivity index (χ3v) is 14.5. The number of hydrogen-bond donors (Lipinski definition) is 2. The molecule has 170 valence electrons. The Morgan fingerprint density at radius 2 is 0.970 bits per heavy atom. The molecule has 0 saturated heterocycles. The first-order valence-corrected chi connectivity index (χ1v) is 15.2. The normalized spacial score (nSPS) is 14.1. The molecule has 2 N–H and O–H groups in total. The van der Waals surface area contributed by atoms with Gasteiger partial charge in [-0.05, 0) is 0 Å². The Labute approximate surface area is 199 Å². The number of aliphatic hydroxyl groups is 2. The zero-order valence-corrected chi connectivity index (χ0v) is 20.9. The molecule has 0 radical (unpaired) electrons. The van der Waals surface area contributed by atoms with Crippen LogP contribution in [-0.4, -0.2) is 28.1 Å². The molecule has 2 unspecified atom stereocenters. The molecule has 4 aromatic carbocycles. The third kappa shape index (κ3) is 5.11. The summed E-state index contributed by atoms with van der Waals surface area (Å²) in [6, 6.07) is 41.4. The summed E-state index contributed by atoms with van der Waals surface area (Å²) in [6.45, 7) is 2.04. The average molecular weight is 475 g/mol. The molecule has 0 saturated carbocycles. The zero-order chi connectivity index (χ0) is 23.1. The topological polar surface area (TPSA) is 40.5 Å². The van der Waals surface area contributed by atoms with Crippen LogP contribution in [0.4, 0.5) is 0 Å². The minimum atomic E-state index is -2.72. The van der Waals surface area contributed by atoms with Gasteiger partial charge >= 0.3 is 199 Å². The molecule has 4 rings (SSSR count). The van der Waals surface area contributed by atoms with Crippen molar-refractivity contribution in [2.75, 3.05) is 6.16 Å². The Hall–Kier alpha value is -2.34. The van der Waals surface area contributed by atoms with Crippen molar-refractivity contribution in [2.45, 2.75) is 25.0 Å². The van der Waals surface area contributed by atoms with Crippen LogP contribution < -0.4 is 21.2 Å². The minimum absolute atomic E-state index is 0.500. The fraction of sp³-hybridized carbons (Fsp3) is 0.172. The van der Waals surface area contributed by atoms with E-state index in [9.17, 15) is 10.2 Å². The molecule has 4 aromatic rings. The van der Waals surface area contributed by atoms with Gasteiger partial charge in [-0.3, -0.25) is 0 Å². The maximum atomic E-state index is 12.0. The molecule has 0 aliphatic carbocycles. The van der Waals surface area contributed by atoms with Gasteiger partial charge in [0.05, 0.1) is 0 Å². The van der Waals surface area contributed by atoms with Gasteiger partial charge in [-0.1, -0.05) is 0 Å². The second-order valence-corrected chi connectivity index (χ2v) is 14.9. The Kier molecular flexibility index (Phi) is 8.07. The monoisotopic (exact) mass is 474 g/mol. The van der Waals surface area contributed by atoms with E-state index in [2.05, 4.69) is 48.5 Å². The Morgan fingerprint density at radius 3 is 1.33 bits per heavy atom. The van der Waals surface area contributed by atoms with Crippen molar-refractivity contribution in [2.24, 2.45) is 0 Å². The molecule has 0 heterocycles. The van der Waals surface area contributed by atoms with Gasteiger partial charge < -0.3 is 0 Å². The van der Waals surface area contributed by atoms with Crippen molar-refractivity contribution in [3.05, 3.63) is 121 Å². The van der Waals surface area contributed by atoms with Crippen molar-refractivity contribution < 1.29 is 10.2 Å². The molecule has 4 heteroatoms. The van der Waals surface area contributed by atoms with Gasteiger partial charge in [0, 0.05) is 0 Å². The molecule has 0 aliphatic heterocycles. The molecule has 0 spiro atoms. The predicted octanol–water partition coefficient (Wildman–Crippen LogP) is 4.57. The van der Waals surface area contributed by atoms with E-state index in [1.54, 1.807) is 0 Å². The van der Waals surface area contributed by atoms with E-state index in [0.717, 1.165) is 10.6 Å². The predicted molar refractivity (Wildman–Crippen MR) is 147 cm³/mol. The van der Waals surface area contributed by atoms with Crippen LogP contribution in [-0.2, 0) is 0 Å². The van der Waals surface area contributed by atoms with Crippen LogP contribution in [0.25, 0.3) is 0 Å². The molecule has 0 bridgehead atoms. The second kappa shape index (κ2) is 11.2. The van der Waals surface area contributed by atoms with Crippen molar-refractivity contribution in [1.29, 1.82) is 0 Å². The Balaban J connectivity index is 1.86. The van der Waals surface area contributed by atoms with E-state index in [4.69, 9.17) is 0 Å². The number of aliphatic hydroxyl groups excluding tert-OH is 2. The zero-order valence-electron chi connectivity index (χ0n) is 19.0. The Bertz CT molecular complexity index is 1030. The van der Waals surface area contributed by atoms with Crippen LogP contribution in [0.15, 0.2) is 121 Å². The van der Waals surface area contributed by atoms with Crippen molar-refractivity contribution in [1.82, 2.24) is 0 Å². The summed E-state index contributed by atoms with van der Waals surface area (Å²) in [6.07, 6.45) is 1.21. The van der Waals surface area contributed by atoms with Gasteiger partial charge in [0.1, 0.15) is 0 Å². The first-order chi connectivity index (χ1) is 16.2. The molecular formula is C29H32O2P2. The summed E-state index contributed by atoms with van der Waals surface area (Å²) < 4.78 is 0. The third-order valence-electron chi connectivity index (χ3n) is 6.40. The summed E-state index contributed by atoms with van der Waals surface area (Å²) in [5.41, 5.74) is 0. The van der Waals surface area contributed by atoms with E-state index < -0.39 is 26.9 Å². The van der Waals surface area contributed by atoms with Crippen LogP contribution in [0.1, 0.15) is 13.3 Å². The number of benzene rings is 4. The molecule has 0 fully saturated rings. The molecule has 0 amide bonds. The first-order valence-electron chi connectivity index (χ1n) is 11.5. The first kappa shape index (κ1) is 23.8. The van der Waals surface area contributed by atoms with Gasteiger partial charge in [-0.25, -0.2) is 0 Å². The molecule has 33 heavy (non-hydrogen) atoms. The van der Waals surface area contributed by atoms with Crippen LogP contribution in [0, 0.1) is 0 Å². The fourth-order valence-corrected chi connectivity index (χ4v) is 13.1. The Morgan fingerprint density at radius 1 is 0.606 bits per heavy atom. The van der Waals surface area contributed by atoms with E-state index in [0.29, 0.717) is 12.6 Å². The molecule has 0 aromatic heterocycles. The van der Waals surface area contributed by atoms with Gasteiger partial charge in [0.2, 0.25) is 0 Å². The molecule has 2 atom stereocenters. The van der Waals surface area contributed by atoms with Crippen LogP contribution in [0.3, 0.4) is 0 Å². The van der Waals surface area contributed by atoms with Gasteiger partial charge in [0.25, 0.3) is 0 Å². The van der Waals surface area contributed by atoms with Gasteiger partial charge in [0.15, 0.2) is 0 Å². The molecule has 2 nitrogen and oxygen atoms in total. The quantitative estimate of drug-likeness (QED) is 0.349. The van der Waals surface area contributed by atoms with Crippen LogP contribution in [0.5, 0.6) is 0 Å². The van der Waals surface area contributed by atoms with Crippen molar-refractivity contribution in [3.63, 3.8) is 0 Å². The summed E-state index contributed by atoms with van der Waals surface area (Å²) >= 11 is 0. The van der Waals surface area contributed by atoms with E-state index in [-0.39, 0.29) is 0 Å². The van der Waals surface area contributed by atoms with E-state index in [1.807, 2.05) is 79.7 Å². The maximum absolute atomic E-state index is 12.0.